The van der Waals surface area contributed by atoms with Crippen LogP contribution in [0, 0.1) is 0 Å². The van der Waals surface area contributed by atoms with Crippen LogP contribution < -0.4 is 19.5 Å². The first-order valence-corrected chi connectivity index (χ1v) is 7.15. The number of aromatic nitrogens is 2. The molecule has 8 heteroatoms. The van der Waals surface area contributed by atoms with Crippen molar-refractivity contribution in [1.29, 1.82) is 0 Å². The number of hydrogen-bond acceptors (Lipinski definition) is 8. The van der Waals surface area contributed by atoms with Crippen LogP contribution in [0.4, 0.5) is 6.01 Å². The fourth-order valence-electron chi connectivity index (χ4n) is 2.21. The molecule has 2 aromatic heterocycles. The van der Waals surface area contributed by atoms with Crippen molar-refractivity contribution in [3.63, 3.8) is 0 Å². The standard InChI is InChI=1S/C16H17N3O5/c1-20-12-7-10(8-13(21-2)14(12)22-3)9-17-16-19-18-15(24-16)11-5-4-6-23-11/h4-8H,9H2,1-3H3,(H,17,19). The van der Waals surface area contributed by atoms with Crippen LogP contribution in [0.1, 0.15) is 5.56 Å². The SMILES string of the molecule is COc1cc(CNc2nnc(-c3ccco3)o2)cc(OC)c1OC. The van der Waals surface area contributed by atoms with Crippen molar-refractivity contribution in [2.45, 2.75) is 6.54 Å². The minimum atomic E-state index is 0.287. The van der Waals surface area contributed by atoms with Gasteiger partial charge in [-0.1, -0.05) is 5.10 Å². The van der Waals surface area contributed by atoms with Gasteiger partial charge in [0.1, 0.15) is 0 Å². The highest BCUT2D eigenvalue weighted by Gasteiger charge is 2.14. The zero-order valence-electron chi connectivity index (χ0n) is 13.5. The van der Waals surface area contributed by atoms with E-state index in [1.807, 2.05) is 12.1 Å². The summed E-state index contributed by atoms with van der Waals surface area (Å²) in [5.41, 5.74) is 0.905. The van der Waals surface area contributed by atoms with Crippen LogP contribution in [0.15, 0.2) is 39.4 Å². The highest BCUT2D eigenvalue weighted by atomic mass is 16.5. The topological polar surface area (TPSA) is 91.8 Å². The number of benzene rings is 1. The monoisotopic (exact) mass is 331 g/mol. The van der Waals surface area contributed by atoms with Gasteiger partial charge in [-0.15, -0.1) is 5.10 Å². The van der Waals surface area contributed by atoms with Gasteiger partial charge in [-0.25, -0.2) is 0 Å². The summed E-state index contributed by atoms with van der Waals surface area (Å²) in [6.07, 6.45) is 1.54. The second-order valence-corrected chi connectivity index (χ2v) is 4.78. The van der Waals surface area contributed by atoms with E-state index in [2.05, 4.69) is 15.5 Å². The molecule has 1 aromatic carbocycles. The number of rotatable bonds is 7. The highest BCUT2D eigenvalue weighted by molar-refractivity contribution is 5.54. The molecule has 0 unspecified atom stereocenters. The lowest BCUT2D eigenvalue weighted by Crippen LogP contribution is -2.02. The van der Waals surface area contributed by atoms with E-state index in [0.29, 0.717) is 35.4 Å². The Kier molecular flexibility index (Phi) is 4.55. The van der Waals surface area contributed by atoms with Gasteiger partial charge in [-0.2, -0.15) is 0 Å². The predicted octanol–water partition coefficient (Wildman–Crippen LogP) is 2.97. The van der Waals surface area contributed by atoms with E-state index in [4.69, 9.17) is 23.0 Å². The van der Waals surface area contributed by atoms with Crippen molar-refractivity contribution < 1.29 is 23.0 Å². The summed E-state index contributed by atoms with van der Waals surface area (Å²) in [4.78, 5) is 0. The zero-order valence-corrected chi connectivity index (χ0v) is 13.5. The summed E-state index contributed by atoms with van der Waals surface area (Å²) in [6, 6.07) is 7.48. The third-order valence-corrected chi connectivity index (χ3v) is 3.33. The Morgan fingerprint density at radius 3 is 2.38 bits per heavy atom. The van der Waals surface area contributed by atoms with Gasteiger partial charge >= 0.3 is 6.01 Å². The lowest BCUT2D eigenvalue weighted by Gasteiger charge is -2.14. The molecule has 3 aromatic rings. The van der Waals surface area contributed by atoms with Gasteiger partial charge in [0.25, 0.3) is 5.89 Å². The fraction of sp³-hybridized carbons (Fsp3) is 0.250. The molecule has 0 aliphatic heterocycles. The van der Waals surface area contributed by atoms with Crippen molar-refractivity contribution in [2.75, 3.05) is 26.6 Å². The van der Waals surface area contributed by atoms with E-state index in [9.17, 15) is 0 Å². The quantitative estimate of drug-likeness (QED) is 0.706. The lowest BCUT2D eigenvalue weighted by atomic mass is 10.2. The molecule has 24 heavy (non-hydrogen) atoms. The first-order valence-electron chi connectivity index (χ1n) is 7.15. The van der Waals surface area contributed by atoms with Gasteiger partial charge in [0.15, 0.2) is 17.3 Å². The third-order valence-electron chi connectivity index (χ3n) is 3.33. The van der Waals surface area contributed by atoms with Crippen LogP contribution in [0.25, 0.3) is 11.7 Å². The number of hydrogen-bond donors (Lipinski definition) is 1. The molecule has 8 nitrogen and oxygen atoms in total. The van der Waals surface area contributed by atoms with E-state index < -0.39 is 0 Å². The number of methoxy groups -OCH3 is 3. The first kappa shape index (κ1) is 15.7. The molecule has 0 amide bonds. The largest absolute Gasteiger partial charge is 0.493 e. The minimum Gasteiger partial charge on any atom is -0.493 e. The molecular formula is C16H17N3O5. The average molecular weight is 331 g/mol. The van der Waals surface area contributed by atoms with Crippen molar-refractivity contribution >= 4 is 6.01 Å². The van der Waals surface area contributed by atoms with Crippen molar-refractivity contribution in [2.24, 2.45) is 0 Å². The molecule has 0 aliphatic carbocycles. The number of anilines is 1. The Morgan fingerprint density at radius 2 is 1.79 bits per heavy atom. The fourth-order valence-corrected chi connectivity index (χ4v) is 2.21. The number of ether oxygens (including phenoxy) is 3. The van der Waals surface area contributed by atoms with Crippen molar-refractivity contribution in [3.05, 3.63) is 36.1 Å². The summed E-state index contributed by atoms with van der Waals surface area (Å²) >= 11 is 0. The lowest BCUT2D eigenvalue weighted by molar-refractivity contribution is 0.324. The van der Waals surface area contributed by atoms with E-state index in [1.54, 1.807) is 39.7 Å². The zero-order chi connectivity index (χ0) is 16.9. The van der Waals surface area contributed by atoms with Crippen LogP contribution in [0.3, 0.4) is 0 Å². The van der Waals surface area contributed by atoms with Gasteiger partial charge in [-0.05, 0) is 29.8 Å². The van der Waals surface area contributed by atoms with E-state index >= 15 is 0 Å². The second kappa shape index (κ2) is 6.95. The first-order chi connectivity index (χ1) is 11.7. The second-order valence-electron chi connectivity index (χ2n) is 4.78. The smallest absolute Gasteiger partial charge is 0.316 e. The van der Waals surface area contributed by atoms with Crippen LogP contribution in [-0.2, 0) is 6.54 Å². The maximum atomic E-state index is 5.49. The Labute approximate surface area is 138 Å². The van der Waals surface area contributed by atoms with Crippen molar-refractivity contribution in [1.82, 2.24) is 10.2 Å². The van der Waals surface area contributed by atoms with Crippen LogP contribution >= 0.6 is 0 Å². The molecule has 0 atom stereocenters. The molecule has 0 bridgehead atoms. The third kappa shape index (κ3) is 3.12. The number of furan rings is 1. The molecule has 0 radical (unpaired) electrons. The van der Waals surface area contributed by atoms with Crippen LogP contribution in [-0.4, -0.2) is 31.5 Å². The molecule has 0 fully saturated rings. The summed E-state index contributed by atoms with van der Waals surface area (Å²) in [7, 11) is 4.71. The molecule has 0 aliphatic rings. The van der Waals surface area contributed by atoms with Gasteiger partial charge < -0.3 is 28.4 Å². The molecule has 2 heterocycles. The molecule has 126 valence electrons. The summed E-state index contributed by atoms with van der Waals surface area (Å²) in [6.45, 7) is 0.441. The molecule has 3 rings (SSSR count). The van der Waals surface area contributed by atoms with Crippen molar-refractivity contribution in [3.8, 4) is 28.9 Å². The van der Waals surface area contributed by atoms with E-state index in [1.165, 1.54) is 0 Å². The van der Waals surface area contributed by atoms with Crippen LogP contribution in [0.2, 0.25) is 0 Å². The maximum absolute atomic E-state index is 5.49. The van der Waals surface area contributed by atoms with Gasteiger partial charge in [0.2, 0.25) is 5.75 Å². The predicted molar refractivity (Wildman–Crippen MR) is 85.4 cm³/mol. The Bertz CT molecular complexity index is 773. The molecular weight excluding hydrogens is 314 g/mol. The average Bonchev–Trinajstić information content (AvgIpc) is 3.29. The Hall–Kier alpha value is -3.16. The number of nitrogens with zero attached hydrogens (tertiary/aromatic N) is 2. The minimum absolute atomic E-state index is 0.287. The molecule has 0 saturated carbocycles. The van der Waals surface area contributed by atoms with Gasteiger partial charge in [0.05, 0.1) is 27.6 Å². The molecule has 0 saturated heterocycles. The molecule has 1 N–H and O–H groups in total. The number of nitrogens with one attached hydrogen (secondary N) is 1. The maximum Gasteiger partial charge on any atom is 0.316 e. The Morgan fingerprint density at radius 1 is 1.04 bits per heavy atom. The van der Waals surface area contributed by atoms with Gasteiger partial charge in [-0.3, -0.25) is 0 Å². The normalized spacial score (nSPS) is 10.5. The molecule has 0 spiro atoms. The highest BCUT2D eigenvalue weighted by Crippen LogP contribution is 2.38. The van der Waals surface area contributed by atoms with Crippen LogP contribution in [0.5, 0.6) is 17.2 Å². The summed E-state index contributed by atoms with van der Waals surface area (Å²) in [5, 5.41) is 10.9. The Balaban J connectivity index is 1.75. The van der Waals surface area contributed by atoms with Gasteiger partial charge in [0, 0.05) is 6.54 Å². The van der Waals surface area contributed by atoms with E-state index in [-0.39, 0.29) is 6.01 Å². The summed E-state index contributed by atoms with van der Waals surface area (Å²) in [5.74, 6) is 2.53. The van der Waals surface area contributed by atoms with E-state index in [0.717, 1.165) is 5.56 Å². The summed E-state index contributed by atoms with van der Waals surface area (Å²) < 4.78 is 26.7.